The van der Waals surface area contributed by atoms with Crippen LogP contribution in [0.15, 0.2) is 18.2 Å². The van der Waals surface area contributed by atoms with Crippen molar-refractivity contribution in [1.82, 2.24) is 0 Å². The maximum absolute atomic E-state index is 13.2. The fourth-order valence-electron chi connectivity index (χ4n) is 1.50. The van der Waals surface area contributed by atoms with Crippen LogP contribution in [-0.4, -0.2) is 21.2 Å². The highest BCUT2D eigenvalue weighted by atomic mass is 32.2. The lowest BCUT2D eigenvalue weighted by Crippen LogP contribution is -2.29. The Balaban J connectivity index is 3.25. The van der Waals surface area contributed by atoms with Gasteiger partial charge in [-0.25, -0.2) is 12.8 Å². The molecule has 0 aromatic heterocycles. The SMILES string of the molecule is CCN(c1cc(F)cc(CN)c1)S(C)(=O)=O. The molecule has 1 aromatic rings. The Morgan fingerprint density at radius 3 is 2.44 bits per heavy atom. The molecule has 16 heavy (non-hydrogen) atoms. The van der Waals surface area contributed by atoms with Gasteiger partial charge in [0.2, 0.25) is 10.0 Å². The first-order valence-electron chi connectivity index (χ1n) is 4.85. The molecule has 0 spiro atoms. The van der Waals surface area contributed by atoms with Gasteiger partial charge in [0.1, 0.15) is 5.82 Å². The quantitative estimate of drug-likeness (QED) is 0.864. The van der Waals surface area contributed by atoms with Crippen molar-refractivity contribution < 1.29 is 12.8 Å². The third-order valence-corrected chi connectivity index (χ3v) is 3.42. The average Bonchev–Trinajstić information content (AvgIpc) is 2.15. The molecular weight excluding hydrogens is 231 g/mol. The van der Waals surface area contributed by atoms with Gasteiger partial charge < -0.3 is 5.73 Å². The zero-order valence-corrected chi connectivity index (χ0v) is 10.1. The second kappa shape index (κ2) is 4.80. The summed E-state index contributed by atoms with van der Waals surface area (Å²) >= 11 is 0. The van der Waals surface area contributed by atoms with Crippen molar-refractivity contribution in [3.63, 3.8) is 0 Å². The van der Waals surface area contributed by atoms with Gasteiger partial charge >= 0.3 is 0 Å². The lowest BCUT2D eigenvalue weighted by Gasteiger charge is -2.21. The van der Waals surface area contributed by atoms with E-state index < -0.39 is 15.8 Å². The van der Waals surface area contributed by atoms with E-state index >= 15 is 0 Å². The summed E-state index contributed by atoms with van der Waals surface area (Å²) in [5.74, 6) is -0.486. The van der Waals surface area contributed by atoms with Crippen LogP contribution in [0.3, 0.4) is 0 Å². The van der Waals surface area contributed by atoms with Crippen LogP contribution in [-0.2, 0) is 16.6 Å². The molecule has 4 nitrogen and oxygen atoms in total. The van der Waals surface area contributed by atoms with Crippen molar-refractivity contribution in [3.8, 4) is 0 Å². The molecule has 90 valence electrons. The van der Waals surface area contributed by atoms with Gasteiger partial charge in [-0.15, -0.1) is 0 Å². The number of hydrogen-bond acceptors (Lipinski definition) is 3. The van der Waals surface area contributed by atoms with Gasteiger partial charge in [-0.3, -0.25) is 4.31 Å². The number of benzene rings is 1. The van der Waals surface area contributed by atoms with Crippen LogP contribution >= 0.6 is 0 Å². The first-order valence-corrected chi connectivity index (χ1v) is 6.70. The van der Waals surface area contributed by atoms with E-state index in [1.54, 1.807) is 13.0 Å². The van der Waals surface area contributed by atoms with E-state index in [4.69, 9.17) is 5.73 Å². The lowest BCUT2D eigenvalue weighted by atomic mass is 10.2. The first-order chi connectivity index (χ1) is 7.38. The summed E-state index contributed by atoms with van der Waals surface area (Å²) in [6, 6.07) is 4.05. The Morgan fingerprint density at radius 1 is 1.38 bits per heavy atom. The van der Waals surface area contributed by atoms with E-state index in [0.29, 0.717) is 11.3 Å². The van der Waals surface area contributed by atoms with Gasteiger partial charge in [0, 0.05) is 13.1 Å². The van der Waals surface area contributed by atoms with E-state index in [1.807, 2.05) is 0 Å². The topological polar surface area (TPSA) is 63.4 Å². The fourth-order valence-corrected chi connectivity index (χ4v) is 2.46. The Hall–Kier alpha value is -1.14. The zero-order valence-electron chi connectivity index (χ0n) is 9.27. The summed E-state index contributed by atoms with van der Waals surface area (Å²) in [4.78, 5) is 0. The molecule has 0 aliphatic heterocycles. The van der Waals surface area contributed by atoms with Crippen molar-refractivity contribution in [2.24, 2.45) is 5.73 Å². The molecule has 0 atom stereocenters. The van der Waals surface area contributed by atoms with Crippen LogP contribution in [0.2, 0.25) is 0 Å². The number of hydrogen-bond donors (Lipinski definition) is 1. The van der Waals surface area contributed by atoms with Crippen LogP contribution in [0.1, 0.15) is 12.5 Å². The number of nitrogens with zero attached hydrogens (tertiary/aromatic N) is 1. The molecule has 0 saturated carbocycles. The summed E-state index contributed by atoms with van der Waals surface area (Å²) in [7, 11) is -3.38. The van der Waals surface area contributed by atoms with Crippen LogP contribution in [0, 0.1) is 5.82 Å². The molecule has 0 aliphatic carbocycles. The summed E-state index contributed by atoms with van der Waals surface area (Å²) < 4.78 is 37.2. The van der Waals surface area contributed by atoms with Crippen LogP contribution in [0.4, 0.5) is 10.1 Å². The molecular formula is C10H15FN2O2S. The van der Waals surface area contributed by atoms with Crippen LogP contribution < -0.4 is 10.0 Å². The predicted octanol–water partition coefficient (Wildman–Crippen LogP) is 1.07. The Kier molecular flexibility index (Phi) is 3.88. The van der Waals surface area contributed by atoms with E-state index in [0.717, 1.165) is 10.6 Å². The van der Waals surface area contributed by atoms with Crippen molar-refractivity contribution in [1.29, 1.82) is 0 Å². The molecule has 0 radical (unpaired) electrons. The number of nitrogens with two attached hydrogens (primary N) is 1. The van der Waals surface area contributed by atoms with Gasteiger partial charge in [-0.2, -0.15) is 0 Å². The average molecular weight is 246 g/mol. The fraction of sp³-hybridized carbons (Fsp3) is 0.400. The van der Waals surface area contributed by atoms with Crippen molar-refractivity contribution in [2.75, 3.05) is 17.1 Å². The standard InChI is InChI=1S/C10H15FN2O2S/c1-3-13(16(2,14)15)10-5-8(7-12)4-9(11)6-10/h4-6H,3,7,12H2,1-2H3. The highest BCUT2D eigenvalue weighted by molar-refractivity contribution is 7.92. The highest BCUT2D eigenvalue weighted by Gasteiger charge is 2.16. The normalized spacial score (nSPS) is 11.5. The molecule has 0 aliphatic rings. The number of anilines is 1. The molecule has 0 fully saturated rings. The maximum Gasteiger partial charge on any atom is 0.232 e. The predicted molar refractivity (Wildman–Crippen MR) is 62.2 cm³/mol. The lowest BCUT2D eigenvalue weighted by molar-refractivity contribution is 0.597. The van der Waals surface area contributed by atoms with E-state index in [2.05, 4.69) is 0 Å². The second-order valence-corrected chi connectivity index (χ2v) is 5.36. The first kappa shape index (κ1) is 12.9. The molecule has 1 aromatic carbocycles. The van der Waals surface area contributed by atoms with E-state index in [-0.39, 0.29) is 13.1 Å². The van der Waals surface area contributed by atoms with Crippen LogP contribution in [0.5, 0.6) is 0 Å². The van der Waals surface area contributed by atoms with E-state index in [9.17, 15) is 12.8 Å². The second-order valence-electron chi connectivity index (χ2n) is 3.45. The number of rotatable bonds is 4. The molecule has 0 amide bonds. The van der Waals surface area contributed by atoms with Gasteiger partial charge in [-0.1, -0.05) is 0 Å². The van der Waals surface area contributed by atoms with Gasteiger partial charge in [-0.05, 0) is 30.7 Å². The molecule has 2 N–H and O–H groups in total. The number of halogens is 1. The molecule has 0 heterocycles. The van der Waals surface area contributed by atoms with E-state index in [1.165, 1.54) is 12.1 Å². The smallest absolute Gasteiger partial charge is 0.232 e. The Bertz CT molecular complexity index is 474. The minimum atomic E-state index is -3.38. The van der Waals surface area contributed by atoms with Crippen molar-refractivity contribution >= 4 is 15.7 Å². The monoisotopic (exact) mass is 246 g/mol. The maximum atomic E-state index is 13.2. The Morgan fingerprint density at radius 2 is 2.00 bits per heavy atom. The van der Waals surface area contributed by atoms with Crippen molar-refractivity contribution in [2.45, 2.75) is 13.5 Å². The highest BCUT2D eigenvalue weighted by Crippen LogP contribution is 2.20. The molecule has 0 unspecified atom stereocenters. The summed E-state index contributed by atoms with van der Waals surface area (Å²) in [6.45, 7) is 2.12. The minimum absolute atomic E-state index is 0.173. The van der Waals surface area contributed by atoms with Crippen LogP contribution in [0.25, 0.3) is 0 Å². The molecule has 1 rings (SSSR count). The third-order valence-electron chi connectivity index (χ3n) is 2.15. The van der Waals surface area contributed by atoms with Gasteiger partial charge in [0.25, 0.3) is 0 Å². The van der Waals surface area contributed by atoms with Crippen molar-refractivity contribution in [3.05, 3.63) is 29.6 Å². The van der Waals surface area contributed by atoms with Gasteiger partial charge in [0.05, 0.1) is 11.9 Å². The largest absolute Gasteiger partial charge is 0.326 e. The zero-order chi connectivity index (χ0) is 12.3. The third kappa shape index (κ3) is 2.93. The van der Waals surface area contributed by atoms with Gasteiger partial charge in [0.15, 0.2) is 0 Å². The summed E-state index contributed by atoms with van der Waals surface area (Å²) in [5.41, 5.74) is 6.28. The molecule has 0 bridgehead atoms. The molecule has 0 saturated heterocycles. The Labute approximate surface area is 94.9 Å². The summed E-state index contributed by atoms with van der Waals surface area (Å²) in [5, 5.41) is 0. The summed E-state index contributed by atoms with van der Waals surface area (Å²) in [6.07, 6.45) is 1.09. The number of sulfonamides is 1. The minimum Gasteiger partial charge on any atom is -0.326 e. The molecule has 6 heteroatoms.